The second-order valence-corrected chi connectivity index (χ2v) is 7.87. The number of nitrogens with zero attached hydrogens (tertiary/aromatic N) is 2. The van der Waals surface area contributed by atoms with Gasteiger partial charge in [0.1, 0.15) is 10.6 Å². The van der Waals surface area contributed by atoms with Crippen molar-refractivity contribution in [2.45, 2.75) is 23.9 Å². The number of carbonyl (C=O) groups excluding carboxylic acids is 1. The molecule has 7 nitrogen and oxygen atoms in total. The van der Waals surface area contributed by atoms with E-state index in [1.807, 2.05) is 11.0 Å². The molecule has 1 N–H and O–H groups in total. The SMILES string of the molecule is N#Cc1cccc(C(=O)Oc2ccc3c(c2)S(=O)(=O)NC2CCCN32)c1. The van der Waals surface area contributed by atoms with Gasteiger partial charge in [-0.05, 0) is 43.2 Å². The zero-order chi connectivity index (χ0) is 18.3. The first kappa shape index (κ1) is 16.6. The molecule has 2 aliphatic rings. The Balaban J connectivity index is 1.65. The Labute approximate surface area is 150 Å². The Morgan fingerprint density at radius 2 is 2.12 bits per heavy atom. The number of nitrogens with one attached hydrogen (secondary N) is 1. The van der Waals surface area contributed by atoms with E-state index in [1.165, 1.54) is 18.2 Å². The number of rotatable bonds is 2. The lowest BCUT2D eigenvalue weighted by Crippen LogP contribution is -2.48. The minimum atomic E-state index is -3.66. The molecule has 0 saturated carbocycles. The van der Waals surface area contributed by atoms with Crippen LogP contribution in [0.1, 0.15) is 28.8 Å². The number of ether oxygens (including phenoxy) is 1. The molecule has 0 aliphatic carbocycles. The van der Waals surface area contributed by atoms with E-state index in [-0.39, 0.29) is 22.4 Å². The highest BCUT2D eigenvalue weighted by molar-refractivity contribution is 7.89. The van der Waals surface area contributed by atoms with Gasteiger partial charge in [-0.15, -0.1) is 0 Å². The van der Waals surface area contributed by atoms with Crippen molar-refractivity contribution in [2.75, 3.05) is 11.4 Å². The minimum Gasteiger partial charge on any atom is -0.423 e. The topological polar surface area (TPSA) is 99.5 Å². The van der Waals surface area contributed by atoms with Crippen LogP contribution in [-0.2, 0) is 10.0 Å². The second-order valence-electron chi connectivity index (χ2n) is 6.18. The van der Waals surface area contributed by atoms with Gasteiger partial charge in [0.05, 0.1) is 29.0 Å². The molecular formula is C18H15N3O4S. The fourth-order valence-electron chi connectivity index (χ4n) is 3.31. The monoisotopic (exact) mass is 369 g/mol. The third-order valence-corrected chi connectivity index (χ3v) is 6.00. The molecule has 2 heterocycles. The maximum atomic E-state index is 12.5. The quantitative estimate of drug-likeness (QED) is 0.642. The van der Waals surface area contributed by atoms with E-state index in [4.69, 9.17) is 10.00 Å². The van der Waals surface area contributed by atoms with Gasteiger partial charge in [0.2, 0.25) is 10.0 Å². The Kier molecular flexibility index (Phi) is 3.90. The van der Waals surface area contributed by atoms with Crippen molar-refractivity contribution in [1.29, 1.82) is 5.26 Å². The number of fused-ring (bicyclic) bond motifs is 3. The van der Waals surface area contributed by atoms with Crippen molar-refractivity contribution in [3.8, 4) is 11.8 Å². The van der Waals surface area contributed by atoms with Gasteiger partial charge in [0, 0.05) is 12.6 Å². The molecule has 1 fully saturated rings. The van der Waals surface area contributed by atoms with Crippen LogP contribution >= 0.6 is 0 Å². The Bertz CT molecular complexity index is 1040. The zero-order valence-corrected chi connectivity index (χ0v) is 14.5. The van der Waals surface area contributed by atoms with Crippen molar-refractivity contribution >= 4 is 21.7 Å². The summed E-state index contributed by atoms with van der Waals surface area (Å²) in [5, 5.41) is 8.92. The summed E-state index contributed by atoms with van der Waals surface area (Å²) < 4.78 is 33.0. The number of sulfonamides is 1. The highest BCUT2D eigenvalue weighted by Gasteiger charge is 2.37. The molecule has 0 radical (unpaired) electrons. The van der Waals surface area contributed by atoms with Crippen LogP contribution in [0.3, 0.4) is 0 Å². The first-order chi connectivity index (χ1) is 12.5. The predicted octanol–water partition coefficient (Wildman–Crippen LogP) is 2.00. The Morgan fingerprint density at radius 3 is 2.92 bits per heavy atom. The average Bonchev–Trinajstić information content (AvgIpc) is 3.09. The first-order valence-corrected chi connectivity index (χ1v) is 9.62. The van der Waals surface area contributed by atoms with Gasteiger partial charge >= 0.3 is 5.97 Å². The maximum absolute atomic E-state index is 12.5. The Morgan fingerprint density at radius 1 is 1.27 bits per heavy atom. The molecule has 0 aromatic heterocycles. The summed E-state index contributed by atoms with van der Waals surface area (Å²) in [4.78, 5) is 14.4. The minimum absolute atomic E-state index is 0.103. The molecule has 1 saturated heterocycles. The normalized spacial score (nSPS) is 20.0. The van der Waals surface area contributed by atoms with Gasteiger partial charge in [0.25, 0.3) is 0 Å². The van der Waals surface area contributed by atoms with Crippen LogP contribution in [0.15, 0.2) is 47.4 Å². The third-order valence-electron chi connectivity index (χ3n) is 4.51. The van der Waals surface area contributed by atoms with Gasteiger partial charge in [0.15, 0.2) is 0 Å². The first-order valence-electron chi connectivity index (χ1n) is 8.13. The molecule has 8 heteroatoms. The fraction of sp³-hybridized carbons (Fsp3) is 0.222. The summed E-state index contributed by atoms with van der Waals surface area (Å²) in [7, 11) is -3.66. The summed E-state index contributed by atoms with van der Waals surface area (Å²) in [5.41, 5.74) is 1.19. The van der Waals surface area contributed by atoms with Crippen molar-refractivity contribution in [3.63, 3.8) is 0 Å². The largest absolute Gasteiger partial charge is 0.423 e. The third kappa shape index (κ3) is 2.81. The zero-order valence-electron chi connectivity index (χ0n) is 13.7. The molecular weight excluding hydrogens is 354 g/mol. The number of benzene rings is 2. The van der Waals surface area contributed by atoms with Crippen molar-refractivity contribution in [3.05, 3.63) is 53.6 Å². The van der Waals surface area contributed by atoms with Gasteiger partial charge in [-0.1, -0.05) is 6.07 Å². The highest BCUT2D eigenvalue weighted by atomic mass is 32.2. The molecule has 1 unspecified atom stereocenters. The van der Waals surface area contributed by atoms with E-state index in [2.05, 4.69) is 4.72 Å². The standard InChI is InChI=1S/C18H15N3O4S/c19-11-12-3-1-4-13(9-12)18(22)25-14-6-7-15-16(10-14)26(23,24)20-17-5-2-8-21(15)17/h1,3-4,6-7,9-10,17,20H,2,5,8H2. The number of hydrogen-bond donors (Lipinski definition) is 1. The van der Waals surface area contributed by atoms with E-state index in [0.29, 0.717) is 11.3 Å². The second kappa shape index (κ2) is 6.12. The molecule has 2 aliphatic heterocycles. The number of esters is 1. The van der Waals surface area contributed by atoms with E-state index >= 15 is 0 Å². The van der Waals surface area contributed by atoms with Gasteiger partial charge in [-0.3, -0.25) is 0 Å². The van der Waals surface area contributed by atoms with Crippen LogP contribution in [0, 0.1) is 11.3 Å². The molecule has 2 aromatic rings. The average molecular weight is 369 g/mol. The number of anilines is 1. The molecule has 4 rings (SSSR count). The fourth-order valence-corrected chi connectivity index (χ4v) is 4.77. The Hall–Kier alpha value is -2.89. The molecule has 0 bridgehead atoms. The van der Waals surface area contributed by atoms with Crippen LogP contribution in [-0.4, -0.2) is 27.1 Å². The van der Waals surface area contributed by atoms with Crippen LogP contribution < -0.4 is 14.4 Å². The van der Waals surface area contributed by atoms with E-state index in [9.17, 15) is 13.2 Å². The van der Waals surface area contributed by atoms with Crippen LogP contribution in [0.4, 0.5) is 5.69 Å². The maximum Gasteiger partial charge on any atom is 0.343 e. The molecule has 0 spiro atoms. The van der Waals surface area contributed by atoms with Crippen LogP contribution in [0.25, 0.3) is 0 Å². The number of carbonyl (C=O) groups is 1. The summed E-state index contributed by atoms with van der Waals surface area (Å²) >= 11 is 0. The van der Waals surface area contributed by atoms with E-state index in [1.54, 1.807) is 24.3 Å². The number of hydrogen-bond acceptors (Lipinski definition) is 6. The molecule has 2 aromatic carbocycles. The summed E-state index contributed by atoms with van der Waals surface area (Å²) in [6.45, 7) is 0.778. The summed E-state index contributed by atoms with van der Waals surface area (Å²) in [5.74, 6) is -0.513. The molecule has 1 atom stereocenters. The molecule has 26 heavy (non-hydrogen) atoms. The van der Waals surface area contributed by atoms with Crippen molar-refractivity contribution in [2.24, 2.45) is 0 Å². The van der Waals surface area contributed by atoms with Crippen molar-refractivity contribution < 1.29 is 17.9 Å². The lowest BCUT2D eigenvalue weighted by atomic mass is 10.1. The lowest BCUT2D eigenvalue weighted by molar-refractivity contribution is 0.0734. The highest BCUT2D eigenvalue weighted by Crippen LogP contribution is 2.37. The van der Waals surface area contributed by atoms with Crippen LogP contribution in [0.2, 0.25) is 0 Å². The smallest absolute Gasteiger partial charge is 0.343 e. The van der Waals surface area contributed by atoms with Crippen molar-refractivity contribution in [1.82, 2.24) is 4.72 Å². The van der Waals surface area contributed by atoms with Gasteiger partial charge in [-0.2, -0.15) is 9.98 Å². The molecule has 132 valence electrons. The van der Waals surface area contributed by atoms with Gasteiger partial charge in [-0.25, -0.2) is 13.2 Å². The summed E-state index contributed by atoms with van der Waals surface area (Å²) in [6.07, 6.45) is 1.47. The summed E-state index contributed by atoms with van der Waals surface area (Å²) in [6, 6.07) is 12.7. The number of nitriles is 1. The van der Waals surface area contributed by atoms with E-state index < -0.39 is 16.0 Å². The van der Waals surface area contributed by atoms with Gasteiger partial charge < -0.3 is 9.64 Å². The lowest BCUT2D eigenvalue weighted by Gasteiger charge is -2.33. The van der Waals surface area contributed by atoms with E-state index in [0.717, 1.165) is 19.4 Å². The predicted molar refractivity (Wildman–Crippen MR) is 93.2 cm³/mol. The van der Waals surface area contributed by atoms with Crippen LogP contribution in [0.5, 0.6) is 5.75 Å². The molecule has 0 amide bonds.